The monoisotopic (exact) mass is 521 g/mol. The molecular formula is C25H20BrN3O3S. The number of hydrogen-bond donors (Lipinski definition) is 1. The average molecular weight is 522 g/mol. The average Bonchev–Trinajstić information content (AvgIpc) is 3.42. The van der Waals surface area contributed by atoms with Crippen molar-refractivity contribution >= 4 is 45.2 Å². The summed E-state index contributed by atoms with van der Waals surface area (Å²) < 4.78 is 6.17. The highest BCUT2D eigenvalue weighted by molar-refractivity contribution is 9.10. The SMILES string of the molecule is Cc1ccc(N2C(=O)C(Cc3cccc(Br)c3)SC2=C(C#N)C(=O)NCc2ccco2)cc1. The van der Waals surface area contributed by atoms with E-state index in [1.165, 1.54) is 22.9 Å². The Labute approximate surface area is 204 Å². The number of aryl methyl sites for hydroxylation is 1. The molecule has 1 atom stereocenters. The van der Waals surface area contributed by atoms with E-state index in [0.29, 0.717) is 22.9 Å². The van der Waals surface area contributed by atoms with Gasteiger partial charge >= 0.3 is 0 Å². The summed E-state index contributed by atoms with van der Waals surface area (Å²) in [6.07, 6.45) is 1.99. The van der Waals surface area contributed by atoms with E-state index in [1.54, 1.807) is 12.1 Å². The first kappa shape index (κ1) is 22.9. The second kappa shape index (κ2) is 10.1. The van der Waals surface area contributed by atoms with Gasteiger partial charge in [-0.3, -0.25) is 14.5 Å². The van der Waals surface area contributed by atoms with Crippen molar-refractivity contribution < 1.29 is 14.0 Å². The quantitative estimate of drug-likeness (QED) is 0.360. The van der Waals surface area contributed by atoms with Gasteiger partial charge in [0.2, 0.25) is 5.91 Å². The second-order valence-electron chi connectivity index (χ2n) is 7.50. The number of amides is 2. The number of anilines is 1. The van der Waals surface area contributed by atoms with Crippen LogP contribution in [0.2, 0.25) is 0 Å². The fraction of sp³-hybridized carbons (Fsp3) is 0.160. The Morgan fingerprint density at radius 2 is 2.00 bits per heavy atom. The molecule has 4 rings (SSSR count). The number of rotatable bonds is 6. The molecule has 0 radical (unpaired) electrons. The summed E-state index contributed by atoms with van der Waals surface area (Å²) in [4.78, 5) is 27.9. The minimum absolute atomic E-state index is 0.0998. The largest absolute Gasteiger partial charge is 0.467 e. The number of furan rings is 1. The van der Waals surface area contributed by atoms with E-state index >= 15 is 0 Å². The molecule has 2 aromatic carbocycles. The van der Waals surface area contributed by atoms with Crippen molar-refractivity contribution in [3.63, 3.8) is 0 Å². The smallest absolute Gasteiger partial charge is 0.265 e. The van der Waals surface area contributed by atoms with Crippen molar-refractivity contribution in [2.75, 3.05) is 4.90 Å². The zero-order valence-corrected chi connectivity index (χ0v) is 20.2. The molecule has 2 amide bonds. The van der Waals surface area contributed by atoms with E-state index in [9.17, 15) is 14.9 Å². The van der Waals surface area contributed by atoms with Gasteiger partial charge < -0.3 is 9.73 Å². The Hall–Kier alpha value is -3.28. The first-order valence-corrected chi connectivity index (χ1v) is 11.9. The van der Waals surface area contributed by atoms with Crippen molar-refractivity contribution in [3.05, 3.63) is 98.9 Å². The van der Waals surface area contributed by atoms with E-state index in [0.717, 1.165) is 15.6 Å². The highest BCUT2D eigenvalue weighted by Crippen LogP contribution is 2.42. The van der Waals surface area contributed by atoms with Gasteiger partial charge in [0.25, 0.3) is 5.91 Å². The predicted octanol–water partition coefficient (Wildman–Crippen LogP) is 5.09. The number of carbonyl (C=O) groups excluding carboxylic acids is 2. The van der Waals surface area contributed by atoms with E-state index < -0.39 is 11.2 Å². The van der Waals surface area contributed by atoms with Crippen molar-refractivity contribution in [3.8, 4) is 6.07 Å². The number of benzene rings is 2. The Balaban J connectivity index is 1.68. The minimum atomic E-state index is -0.551. The van der Waals surface area contributed by atoms with E-state index in [2.05, 4.69) is 21.2 Å². The number of halogens is 1. The normalized spacial score (nSPS) is 17.1. The van der Waals surface area contributed by atoms with Gasteiger partial charge in [0.1, 0.15) is 22.4 Å². The molecule has 0 spiro atoms. The van der Waals surface area contributed by atoms with Gasteiger partial charge in [-0.25, -0.2) is 0 Å². The third kappa shape index (κ3) is 5.21. The summed E-state index contributed by atoms with van der Waals surface area (Å²) in [6, 6.07) is 20.7. The number of carbonyl (C=O) groups is 2. The van der Waals surface area contributed by atoms with Crippen LogP contribution in [0.4, 0.5) is 5.69 Å². The molecule has 0 saturated carbocycles. The van der Waals surface area contributed by atoms with E-state index in [4.69, 9.17) is 4.42 Å². The highest BCUT2D eigenvalue weighted by atomic mass is 79.9. The summed E-state index contributed by atoms with van der Waals surface area (Å²) in [5.74, 6) is -0.140. The van der Waals surface area contributed by atoms with Gasteiger partial charge in [-0.15, -0.1) is 0 Å². The predicted molar refractivity (Wildman–Crippen MR) is 131 cm³/mol. The molecule has 2 heterocycles. The summed E-state index contributed by atoms with van der Waals surface area (Å²) in [6.45, 7) is 2.11. The molecule has 0 bridgehead atoms. The van der Waals surface area contributed by atoms with Crippen LogP contribution in [0, 0.1) is 18.3 Å². The molecule has 0 aliphatic carbocycles. The fourth-order valence-corrected chi connectivity index (χ4v) is 5.22. The lowest BCUT2D eigenvalue weighted by atomic mass is 10.1. The molecule has 1 aliphatic rings. The molecule has 6 nitrogen and oxygen atoms in total. The summed E-state index contributed by atoms with van der Waals surface area (Å²) in [5.41, 5.74) is 2.56. The van der Waals surface area contributed by atoms with Crippen LogP contribution in [-0.4, -0.2) is 17.1 Å². The molecule has 1 aliphatic heterocycles. The lowest BCUT2D eigenvalue weighted by Gasteiger charge is -2.19. The lowest BCUT2D eigenvalue weighted by Crippen LogP contribution is -2.32. The van der Waals surface area contributed by atoms with Crippen LogP contribution < -0.4 is 10.2 Å². The highest BCUT2D eigenvalue weighted by Gasteiger charge is 2.40. The van der Waals surface area contributed by atoms with Crippen LogP contribution in [0.15, 0.2) is 86.4 Å². The first-order valence-electron chi connectivity index (χ1n) is 10.2. The Kier molecular flexibility index (Phi) is 7.02. The summed E-state index contributed by atoms with van der Waals surface area (Å²) in [5, 5.41) is 12.5. The standard InChI is InChI=1S/C25H20BrN3O3S/c1-16-7-9-19(10-8-16)29-24(31)22(13-17-4-2-5-18(26)12-17)33-25(29)21(14-27)23(30)28-15-20-6-3-11-32-20/h2-12,22H,13,15H2,1H3,(H,28,30). The molecule has 33 heavy (non-hydrogen) atoms. The van der Waals surface area contributed by atoms with Crippen LogP contribution in [-0.2, 0) is 22.6 Å². The summed E-state index contributed by atoms with van der Waals surface area (Å²) in [7, 11) is 0. The minimum Gasteiger partial charge on any atom is -0.467 e. The van der Waals surface area contributed by atoms with E-state index in [-0.39, 0.29) is 18.0 Å². The van der Waals surface area contributed by atoms with Crippen LogP contribution in [0.1, 0.15) is 16.9 Å². The molecule has 3 aromatic rings. The Morgan fingerprint density at radius 3 is 2.67 bits per heavy atom. The maximum atomic E-state index is 13.5. The molecule has 1 unspecified atom stereocenters. The topological polar surface area (TPSA) is 86.3 Å². The first-order chi connectivity index (χ1) is 16.0. The van der Waals surface area contributed by atoms with Gasteiger partial charge in [-0.05, 0) is 55.3 Å². The van der Waals surface area contributed by atoms with Gasteiger partial charge in [0.15, 0.2) is 0 Å². The van der Waals surface area contributed by atoms with Crippen LogP contribution in [0.25, 0.3) is 0 Å². The van der Waals surface area contributed by atoms with Crippen molar-refractivity contribution in [1.29, 1.82) is 5.26 Å². The van der Waals surface area contributed by atoms with Crippen molar-refractivity contribution in [1.82, 2.24) is 5.32 Å². The molecule has 8 heteroatoms. The third-order valence-corrected chi connectivity index (χ3v) is 6.87. The molecule has 1 N–H and O–H groups in total. The third-order valence-electron chi connectivity index (χ3n) is 5.11. The van der Waals surface area contributed by atoms with Crippen molar-refractivity contribution in [2.45, 2.75) is 25.1 Å². The maximum Gasteiger partial charge on any atom is 0.265 e. The Bertz CT molecular complexity index is 1250. The number of thioether (sulfide) groups is 1. The van der Waals surface area contributed by atoms with Gasteiger partial charge in [0, 0.05) is 10.2 Å². The lowest BCUT2D eigenvalue weighted by molar-refractivity contribution is -0.117. The number of nitriles is 1. The molecule has 1 fully saturated rings. The zero-order valence-electron chi connectivity index (χ0n) is 17.7. The number of nitrogens with one attached hydrogen (secondary N) is 1. The maximum absolute atomic E-state index is 13.5. The fourth-order valence-electron chi connectivity index (χ4n) is 3.46. The number of hydrogen-bond acceptors (Lipinski definition) is 5. The van der Waals surface area contributed by atoms with Gasteiger partial charge in [-0.1, -0.05) is 57.5 Å². The van der Waals surface area contributed by atoms with Crippen molar-refractivity contribution in [2.24, 2.45) is 0 Å². The Morgan fingerprint density at radius 1 is 1.21 bits per heavy atom. The number of nitrogens with zero attached hydrogens (tertiary/aromatic N) is 2. The van der Waals surface area contributed by atoms with Gasteiger partial charge in [-0.2, -0.15) is 5.26 Å². The molecule has 1 saturated heterocycles. The zero-order chi connectivity index (χ0) is 23.4. The van der Waals surface area contributed by atoms with Crippen LogP contribution in [0.5, 0.6) is 0 Å². The molecular weight excluding hydrogens is 502 g/mol. The van der Waals surface area contributed by atoms with Gasteiger partial charge in [0.05, 0.1) is 18.1 Å². The molecule has 166 valence electrons. The van der Waals surface area contributed by atoms with E-state index in [1.807, 2.05) is 61.5 Å². The second-order valence-corrected chi connectivity index (χ2v) is 9.61. The van der Waals surface area contributed by atoms with Crippen LogP contribution in [0.3, 0.4) is 0 Å². The molecule has 1 aromatic heterocycles. The van der Waals surface area contributed by atoms with Crippen LogP contribution >= 0.6 is 27.7 Å². The summed E-state index contributed by atoms with van der Waals surface area (Å²) >= 11 is 4.71.